The molecule has 6 heteroatoms. The second-order valence-electron chi connectivity index (χ2n) is 7.72. The molecule has 1 aliphatic heterocycles. The highest BCUT2D eigenvalue weighted by Gasteiger charge is 2.23. The Hall–Kier alpha value is -2.47. The Bertz CT molecular complexity index is 961. The number of hydrogen-bond donors (Lipinski definition) is 1. The Kier molecular flexibility index (Phi) is 4.83. The minimum Gasteiger partial charge on any atom is -0.369 e. The molecule has 0 amide bonds. The Balaban J connectivity index is 1.42. The molecular formula is C21H28N6. The topological polar surface area (TPSA) is 58.9 Å². The van der Waals surface area contributed by atoms with Crippen molar-refractivity contribution in [1.82, 2.24) is 24.6 Å². The first kappa shape index (κ1) is 17.9. The monoisotopic (exact) mass is 364 g/mol. The number of hydrogen-bond acceptors (Lipinski definition) is 5. The first-order chi connectivity index (χ1) is 13.0. The Morgan fingerprint density at radius 3 is 2.78 bits per heavy atom. The van der Waals surface area contributed by atoms with Gasteiger partial charge in [0.1, 0.15) is 11.6 Å². The summed E-state index contributed by atoms with van der Waals surface area (Å²) in [6.07, 6.45) is 1.22. The maximum atomic E-state index is 4.65. The summed E-state index contributed by atoms with van der Waals surface area (Å²) in [5.41, 5.74) is 4.69. The van der Waals surface area contributed by atoms with Crippen molar-refractivity contribution in [3.63, 3.8) is 0 Å². The number of benzene rings is 1. The van der Waals surface area contributed by atoms with E-state index >= 15 is 0 Å². The van der Waals surface area contributed by atoms with E-state index in [1.54, 1.807) is 0 Å². The van der Waals surface area contributed by atoms with Gasteiger partial charge in [0.05, 0.1) is 11.1 Å². The molecule has 2 aromatic heterocycles. The molecule has 0 saturated carbocycles. The molecule has 1 aromatic carbocycles. The summed E-state index contributed by atoms with van der Waals surface area (Å²) in [6.45, 7) is 10.4. The zero-order valence-corrected chi connectivity index (χ0v) is 16.7. The highest BCUT2D eigenvalue weighted by molar-refractivity contribution is 5.89. The van der Waals surface area contributed by atoms with Crippen LogP contribution in [0.5, 0.6) is 0 Å². The van der Waals surface area contributed by atoms with Gasteiger partial charge in [-0.25, -0.2) is 9.97 Å². The number of likely N-dealkylation sites (tertiary alicyclic amines) is 1. The molecule has 1 fully saturated rings. The fraction of sp³-hybridized carbons (Fsp3) is 0.476. The third kappa shape index (κ3) is 3.67. The molecule has 1 aliphatic rings. The molecule has 1 saturated heterocycles. The van der Waals surface area contributed by atoms with Crippen LogP contribution in [-0.4, -0.2) is 44.3 Å². The van der Waals surface area contributed by atoms with E-state index in [1.807, 2.05) is 25.6 Å². The molecule has 4 rings (SSSR count). The van der Waals surface area contributed by atoms with E-state index < -0.39 is 0 Å². The number of rotatable bonds is 5. The van der Waals surface area contributed by atoms with Crippen LogP contribution in [-0.2, 0) is 13.6 Å². The maximum absolute atomic E-state index is 4.65. The zero-order chi connectivity index (χ0) is 19.0. The van der Waals surface area contributed by atoms with E-state index in [0.717, 1.165) is 54.5 Å². The van der Waals surface area contributed by atoms with E-state index in [1.165, 1.54) is 17.5 Å². The van der Waals surface area contributed by atoms with Gasteiger partial charge in [-0.2, -0.15) is 5.10 Å². The highest BCUT2D eigenvalue weighted by atomic mass is 15.3. The molecule has 142 valence electrons. The van der Waals surface area contributed by atoms with Crippen LogP contribution in [0.1, 0.15) is 29.1 Å². The van der Waals surface area contributed by atoms with Crippen molar-refractivity contribution in [1.29, 1.82) is 0 Å². The van der Waals surface area contributed by atoms with Crippen molar-refractivity contribution >= 4 is 16.9 Å². The van der Waals surface area contributed by atoms with E-state index in [4.69, 9.17) is 0 Å². The number of aromatic nitrogens is 4. The third-order valence-electron chi connectivity index (χ3n) is 5.55. The molecule has 0 aliphatic carbocycles. The van der Waals surface area contributed by atoms with Crippen molar-refractivity contribution < 1.29 is 0 Å². The van der Waals surface area contributed by atoms with Crippen molar-refractivity contribution in [2.75, 3.05) is 25.0 Å². The molecule has 3 aromatic rings. The second kappa shape index (κ2) is 7.27. The molecule has 0 bridgehead atoms. The molecule has 3 heterocycles. The van der Waals surface area contributed by atoms with Gasteiger partial charge in [0.15, 0.2) is 5.65 Å². The summed E-state index contributed by atoms with van der Waals surface area (Å²) in [4.78, 5) is 11.8. The maximum Gasteiger partial charge on any atom is 0.163 e. The molecule has 0 unspecified atom stereocenters. The predicted molar refractivity (Wildman–Crippen MR) is 109 cm³/mol. The molecule has 0 radical (unpaired) electrons. The predicted octanol–water partition coefficient (Wildman–Crippen LogP) is 3.22. The van der Waals surface area contributed by atoms with E-state index in [0.29, 0.717) is 5.92 Å². The molecule has 1 atom stereocenters. The minimum absolute atomic E-state index is 0.635. The average Bonchev–Trinajstić information content (AvgIpc) is 3.19. The second-order valence-corrected chi connectivity index (χ2v) is 7.72. The van der Waals surface area contributed by atoms with Gasteiger partial charge in [0.2, 0.25) is 0 Å². The summed E-state index contributed by atoms with van der Waals surface area (Å²) < 4.78 is 1.84. The summed E-state index contributed by atoms with van der Waals surface area (Å²) in [5, 5.41) is 9.13. The Morgan fingerprint density at radius 1 is 1.15 bits per heavy atom. The van der Waals surface area contributed by atoms with Crippen LogP contribution in [0.15, 0.2) is 24.3 Å². The van der Waals surface area contributed by atoms with Crippen molar-refractivity contribution in [2.24, 2.45) is 13.0 Å². The van der Waals surface area contributed by atoms with Crippen LogP contribution < -0.4 is 5.32 Å². The van der Waals surface area contributed by atoms with Gasteiger partial charge in [-0.15, -0.1) is 0 Å². The van der Waals surface area contributed by atoms with E-state index in [2.05, 4.69) is 56.5 Å². The van der Waals surface area contributed by atoms with Crippen LogP contribution in [0, 0.1) is 26.7 Å². The molecular weight excluding hydrogens is 336 g/mol. The summed E-state index contributed by atoms with van der Waals surface area (Å²) in [7, 11) is 1.94. The highest BCUT2D eigenvalue weighted by Crippen LogP contribution is 2.25. The Morgan fingerprint density at radius 2 is 1.96 bits per heavy atom. The third-order valence-corrected chi connectivity index (χ3v) is 5.55. The van der Waals surface area contributed by atoms with Crippen molar-refractivity contribution in [3.8, 4) is 0 Å². The lowest BCUT2D eigenvalue weighted by Crippen LogP contribution is -2.23. The number of nitrogens with one attached hydrogen (secondary N) is 1. The van der Waals surface area contributed by atoms with Crippen molar-refractivity contribution in [2.45, 2.75) is 33.7 Å². The largest absolute Gasteiger partial charge is 0.369 e. The average molecular weight is 364 g/mol. The number of nitrogens with zero attached hydrogens (tertiary/aromatic N) is 5. The van der Waals surface area contributed by atoms with Crippen LogP contribution in [0.4, 0.5) is 5.82 Å². The number of anilines is 1. The SMILES string of the molecule is Cc1nc(NC[C@H]2CCN(Cc3ccccc3C)C2)c2c(C)nn(C)c2n1. The van der Waals surface area contributed by atoms with E-state index in [9.17, 15) is 0 Å². The molecule has 1 N–H and O–H groups in total. The smallest absolute Gasteiger partial charge is 0.163 e. The van der Waals surface area contributed by atoms with Gasteiger partial charge in [0.25, 0.3) is 0 Å². The fourth-order valence-electron chi connectivity index (χ4n) is 4.07. The molecule has 6 nitrogen and oxygen atoms in total. The molecule has 0 spiro atoms. The van der Waals surface area contributed by atoms with Crippen LogP contribution >= 0.6 is 0 Å². The van der Waals surface area contributed by atoms with Gasteiger partial charge >= 0.3 is 0 Å². The summed E-state index contributed by atoms with van der Waals surface area (Å²) in [5.74, 6) is 2.33. The van der Waals surface area contributed by atoms with Crippen LogP contribution in [0.3, 0.4) is 0 Å². The van der Waals surface area contributed by atoms with Gasteiger partial charge < -0.3 is 5.32 Å². The van der Waals surface area contributed by atoms with Gasteiger partial charge in [-0.1, -0.05) is 24.3 Å². The lowest BCUT2D eigenvalue weighted by Gasteiger charge is -2.18. The number of aryl methyl sites for hydroxylation is 4. The van der Waals surface area contributed by atoms with Gasteiger partial charge in [-0.3, -0.25) is 9.58 Å². The number of fused-ring (bicyclic) bond motifs is 1. The van der Waals surface area contributed by atoms with E-state index in [-0.39, 0.29) is 0 Å². The fourth-order valence-corrected chi connectivity index (χ4v) is 4.07. The van der Waals surface area contributed by atoms with Crippen LogP contribution in [0.25, 0.3) is 11.0 Å². The van der Waals surface area contributed by atoms with Crippen LogP contribution in [0.2, 0.25) is 0 Å². The first-order valence-electron chi connectivity index (χ1n) is 9.70. The quantitative estimate of drug-likeness (QED) is 0.753. The lowest BCUT2D eigenvalue weighted by molar-refractivity contribution is 0.318. The molecule has 27 heavy (non-hydrogen) atoms. The van der Waals surface area contributed by atoms with Gasteiger partial charge in [-0.05, 0) is 50.8 Å². The first-order valence-corrected chi connectivity index (χ1v) is 9.70. The summed E-state index contributed by atoms with van der Waals surface area (Å²) in [6, 6.07) is 8.69. The normalized spacial score (nSPS) is 17.7. The van der Waals surface area contributed by atoms with Crippen molar-refractivity contribution in [3.05, 3.63) is 46.9 Å². The zero-order valence-electron chi connectivity index (χ0n) is 16.7. The standard InChI is InChI=1S/C21H28N6/c1-14-7-5-6-8-18(14)13-27-10-9-17(12-27)11-22-20-19-15(2)25-26(4)21(19)24-16(3)23-20/h5-8,17H,9-13H2,1-4H3,(H,22,23,24)/t17-/m1/s1. The Labute approximate surface area is 160 Å². The minimum atomic E-state index is 0.635. The van der Waals surface area contributed by atoms with Gasteiger partial charge in [0, 0.05) is 26.7 Å². The lowest BCUT2D eigenvalue weighted by atomic mass is 10.1. The summed E-state index contributed by atoms with van der Waals surface area (Å²) >= 11 is 0.